The van der Waals surface area contributed by atoms with Crippen LogP contribution in [0.4, 0.5) is 0 Å². The van der Waals surface area contributed by atoms with Crippen LogP contribution in [-0.2, 0) is 17.7 Å². The van der Waals surface area contributed by atoms with Gasteiger partial charge >= 0.3 is 0 Å². The minimum Gasteiger partial charge on any atom is -0.465 e. The first kappa shape index (κ1) is 15.2. The van der Waals surface area contributed by atoms with Crippen molar-refractivity contribution >= 4 is 11.0 Å². The maximum Gasteiger partial charge on any atom is 0.199 e. The molecule has 1 aromatic heterocycles. The van der Waals surface area contributed by atoms with E-state index >= 15 is 0 Å². The first-order valence-corrected chi connectivity index (χ1v) is 8.65. The van der Waals surface area contributed by atoms with Crippen molar-refractivity contribution in [1.82, 2.24) is 9.55 Å². The standard InChI is InChI=1S/C20H22N2O2/c1-2-6-19-18(5-1)21-15-22(19)13-12-16-8-10-17(11-9-16)24-20-7-3-4-14-23-20/h1-2,5-6,8-11,15,20H,3-4,7,12-14H2. The Morgan fingerprint density at radius 3 is 2.79 bits per heavy atom. The molecule has 1 saturated heterocycles. The van der Waals surface area contributed by atoms with Crippen molar-refractivity contribution < 1.29 is 9.47 Å². The van der Waals surface area contributed by atoms with Gasteiger partial charge in [-0.3, -0.25) is 0 Å². The highest BCUT2D eigenvalue weighted by Gasteiger charge is 2.14. The van der Waals surface area contributed by atoms with Gasteiger partial charge in [-0.15, -0.1) is 0 Å². The number of ether oxygens (including phenoxy) is 2. The summed E-state index contributed by atoms with van der Waals surface area (Å²) in [7, 11) is 0. The molecule has 1 aliphatic heterocycles. The van der Waals surface area contributed by atoms with Crippen LogP contribution in [0.15, 0.2) is 54.9 Å². The van der Waals surface area contributed by atoms with Gasteiger partial charge in [-0.1, -0.05) is 24.3 Å². The van der Waals surface area contributed by atoms with E-state index in [1.165, 1.54) is 17.5 Å². The molecule has 0 aliphatic carbocycles. The summed E-state index contributed by atoms with van der Waals surface area (Å²) in [4.78, 5) is 4.44. The summed E-state index contributed by atoms with van der Waals surface area (Å²) >= 11 is 0. The highest BCUT2D eigenvalue weighted by atomic mass is 16.7. The lowest BCUT2D eigenvalue weighted by atomic mass is 10.1. The van der Waals surface area contributed by atoms with E-state index in [1.54, 1.807) is 0 Å². The molecule has 0 radical (unpaired) electrons. The van der Waals surface area contributed by atoms with Crippen LogP contribution < -0.4 is 4.74 Å². The molecule has 3 aromatic rings. The van der Waals surface area contributed by atoms with Gasteiger partial charge in [-0.25, -0.2) is 4.98 Å². The van der Waals surface area contributed by atoms with Gasteiger partial charge in [0.2, 0.25) is 0 Å². The summed E-state index contributed by atoms with van der Waals surface area (Å²) in [6, 6.07) is 16.6. The number of hydrogen-bond acceptors (Lipinski definition) is 3. The summed E-state index contributed by atoms with van der Waals surface area (Å²) in [5, 5.41) is 0. The van der Waals surface area contributed by atoms with Crippen molar-refractivity contribution in [3.8, 4) is 5.75 Å². The van der Waals surface area contributed by atoms with Gasteiger partial charge in [0.05, 0.1) is 24.0 Å². The molecule has 2 heterocycles. The Hall–Kier alpha value is -2.33. The average molecular weight is 322 g/mol. The summed E-state index contributed by atoms with van der Waals surface area (Å²) in [5.74, 6) is 0.888. The Bertz CT molecular complexity index is 789. The molecular formula is C20H22N2O2. The summed E-state index contributed by atoms with van der Waals surface area (Å²) in [6.45, 7) is 1.73. The molecule has 2 aromatic carbocycles. The highest BCUT2D eigenvalue weighted by molar-refractivity contribution is 5.74. The van der Waals surface area contributed by atoms with Crippen molar-refractivity contribution in [3.05, 3.63) is 60.4 Å². The van der Waals surface area contributed by atoms with E-state index in [9.17, 15) is 0 Å². The van der Waals surface area contributed by atoms with Crippen molar-refractivity contribution in [1.29, 1.82) is 0 Å². The largest absolute Gasteiger partial charge is 0.465 e. The second kappa shape index (κ2) is 7.05. The number of nitrogens with zero attached hydrogens (tertiary/aromatic N) is 2. The predicted octanol–water partition coefficient (Wildman–Crippen LogP) is 4.18. The van der Waals surface area contributed by atoms with Crippen LogP contribution in [0.1, 0.15) is 24.8 Å². The third kappa shape index (κ3) is 3.44. The van der Waals surface area contributed by atoms with Gasteiger partial charge < -0.3 is 14.0 Å². The van der Waals surface area contributed by atoms with Gasteiger partial charge in [-0.2, -0.15) is 0 Å². The van der Waals surface area contributed by atoms with Crippen molar-refractivity contribution in [2.24, 2.45) is 0 Å². The number of imidazole rings is 1. The van der Waals surface area contributed by atoms with Crippen molar-refractivity contribution in [2.45, 2.75) is 38.5 Å². The van der Waals surface area contributed by atoms with Crippen molar-refractivity contribution in [3.63, 3.8) is 0 Å². The van der Waals surface area contributed by atoms with Crippen molar-refractivity contribution in [2.75, 3.05) is 6.61 Å². The van der Waals surface area contributed by atoms with Crippen LogP contribution in [0.5, 0.6) is 5.75 Å². The first-order chi connectivity index (χ1) is 11.9. The molecule has 1 fully saturated rings. The molecule has 124 valence electrons. The molecule has 0 spiro atoms. The molecule has 0 amide bonds. The maximum absolute atomic E-state index is 5.88. The zero-order valence-electron chi connectivity index (χ0n) is 13.7. The lowest BCUT2D eigenvalue weighted by molar-refractivity contribution is -0.105. The molecule has 4 nitrogen and oxygen atoms in total. The fourth-order valence-corrected chi connectivity index (χ4v) is 3.13. The van der Waals surface area contributed by atoms with E-state index in [1.807, 2.05) is 30.6 Å². The number of fused-ring (bicyclic) bond motifs is 1. The number of rotatable bonds is 5. The topological polar surface area (TPSA) is 36.3 Å². The van der Waals surface area contributed by atoms with Gasteiger partial charge in [0, 0.05) is 13.0 Å². The average Bonchev–Trinajstić information content (AvgIpc) is 3.05. The summed E-state index contributed by atoms with van der Waals surface area (Å²) in [6.07, 6.45) is 6.11. The SMILES string of the molecule is c1ccc2c(c1)ncn2CCc1ccc(OC2CCCCO2)cc1. The molecule has 1 aliphatic rings. The van der Waals surface area contributed by atoms with Crippen LogP contribution in [0.25, 0.3) is 11.0 Å². The molecule has 0 N–H and O–H groups in total. The van der Waals surface area contributed by atoms with E-state index < -0.39 is 0 Å². The highest BCUT2D eigenvalue weighted by Crippen LogP contribution is 2.20. The Balaban J connectivity index is 1.36. The van der Waals surface area contributed by atoms with Gasteiger partial charge in [0.15, 0.2) is 6.29 Å². The molecule has 1 atom stereocenters. The molecule has 4 rings (SSSR count). The Morgan fingerprint density at radius 1 is 1.08 bits per heavy atom. The molecule has 0 bridgehead atoms. The first-order valence-electron chi connectivity index (χ1n) is 8.65. The van der Waals surface area contributed by atoms with E-state index in [2.05, 4.69) is 33.8 Å². The van der Waals surface area contributed by atoms with E-state index in [-0.39, 0.29) is 6.29 Å². The number of aryl methyl sites for hydroxylation is 2. The second-order valence-electron chi connectivity index (χ2n) is 6.23. The Morgan fingerprint density at radius 2 is 1.96 bits per heavy atom. The summed E-state index contributed by atoms with van der Waals surface area (Å²) < 4.78 is 13.7. The molecule has 0 saturated carbocycles. The normalized spacial score (nSPS) is 17.9. The van der Waals surface area contributed by atoms with Crippen LogP contribution in [0.3, 0.4) is 0 Å². The van der Waals surface area contributed by atoms with Crippen LogP contribution in [0.2, 0.25) is 0 Å². The smallest absolute Gasteiger partial charge is 0.199 e. The Kier molecular flexibility index (Phi) is 4.47. The number of aromatic nitrogens is 2. The van der Waals surface area contributed by atoms with E-state index in [0.717, 1.165) is 43.7 Å². The lowest BCUT2D eigenvalue weighted by Gasteiger charge is -2.23. The lowest BCUT2D eigenvalue weighted by Crippen LogP contribution is -2.24. The number of benzene rings is 2. The predicted molar refractivity (Wildman–Crippen MR) is 94.1 cm³/mol. The van der Waals surface area contributed by atoms with Gasteiger partial charge in [0.1, 0.15) is 5.75 Å². The quantitative estimate of drug-likeness (QED) is 0.707. The fraction of sp³-hybridized carbons (Fsp3) is 0.350. The van der Waals surface area contributed by atoms with Crippen LogP contribution in [-0.4, -0.2) is 22.4 Å². The van der Waals surface area contributed by atoms with E-state index in [4.69, 9.17) is 9.47 Å². The maximum atomic E-state index is 5.88. The van der Waals surface area contributed by atoms with Gasteiger partial charge in [-0.05, 0) is 49.1 Å². The third-order valence-electron chi connectivity index (χ3n) is 4.50. The molecule has 4 heteroatoms. The minimum absolute atomic E-state index is 0.0816. The monoisotopic (exact) mass is 322 g/mol. The molecule has 1 unspecified atom stereocenters. The number of hydrogen-bond donors (Lipinski definition) is 0. The minimum atomic E-state index is -0.0816. The fourth-order valence-electron chi connectivity index (χ4n) is 3.13. The second-order valence-corrected chi connectivity index (χ2v) is 6.23. The van der Waals surface area contributed by atoms with Crippen LogP contribution in [0, 0.1) is 0 Å². The number of para-hydroxylation sites is 2. The third-order valence-corrected chi connectivity index (χ3v) is 4.50. The van der Waals surface area contributed by atoms with E-state index in [0.29, 0.717) is 0 Å². The Labute approximate surface area is 142 Å². The zero-order chi connectivity index (χ0) is 16.2. The molecule has 24 heavy (non-hydrogen) atoms. The zero-order valence-corrected chi connectivity index (χ0v) is 13.7. The van der Waals surface area contributed by atoms with Gasteiger partial charge in [0.25, 0.3) is 0 Å². The molecular weight excluding hydrogens is 300 g/mol. The summed E-state index contributed by atoms with van der Waals surface area (Å²) in [5.41, 5.74) is 3.53. The van der Waals surface area contributed by atoms with Crippen LogP contribution >= 0.6 is 0 Å².